The Hall–Kier alpha value is -3.25. The summed E-state index contributed by atoms with van der Waals surface area (Å²) in [6.07, 6.45) is 12.0. The molecule has 1 saturated heterocycles. The zero-order valence-electron chi connectivity index (χ0n) is 21.4. The minimum Gasteiger partial charge on any atom is -0.478 e. The summed E-state index contributed by atoms with van der Waals surface area (Å²) in [6, 6.07) is 12.4. The molecule has 1 aliphatic carbocycles. The highest BCUT2D eigenvalue weighted by Gasteiger charge is 2.29. The Labute approximate surface area is 217 Å². The fraction of sp³-hybridized carbons (Fsp3) is 0.452. The lowest BCUT2D eigenvalue weighted by Crippen LogP contribution is -2.24. The van der Waals surface area contributed by atoms with Gasteiger partial charge in [0.1, 0.15) is 12.5 Å². The van der Waals surface area contributed by atoms with Crippen LogP contribution in [-0.4, -0.2) is 44.9 Å². The van der Waals surface area contributed by atoms with E-state index in [4.69, 9.17) is 4.74 Å². The molecule has 37 heavy (non-hydrogen) atoms. The number of aromatic nitrogens is 2. The summed E-state index contributed by atoms with van der Waals surface area (Å²) in [5.74, 6) is 0.617. The fourth-order valence-corrected chi connectivity index (χ4v) is 7.12. The molecule has 0 bridgehead atoms. The summed E-state index contributed by atoms with van der Waals surface area (Å²) in [4.78, 5) is 14.3. The van der Waals surface area contributed by atoms with Gasteiger partial charge in [-0.05, 0) is 61.8 Å². The lowest BCUT2D eigenvalue weighted by atomic mass is 9.81. The Morgan fingerprint density at radius 1 is 0.919 bits per heavy atom. The molecule has 1 saturated carbocycles. The van der Waals surface area contributed by atoms with E-state index in [2.05, 4.69) is 44.5 Å². The van der Waals surface area contributed by atoms with Gasteiger partial charge >= 0.3 is 5.97 Å². The first-order chi connectivity index (χ1) is 18.2. The van der Waals surface area contributed by atoms with Crippen molar-refractivity contribution in [2.45, 2.75) is 70.4 Å². The van der Waals surface area contributed by atoms with Gasteiger partial charge in [-0.3, -0.25) is 4.90 Å². The third kappa shape index (κ3) is 3.84. The van der Waals surface area contributed by atoms with E-state index in [1.54, 1.807) is 6.07 Å². The van der Waals surface area contributed by atoms with Crippen LogP contribution in [0.2, 0.25) is 0 Å². The van der Waals surface area contributed by atoms with E-state index in [0.29, 0.717) is 18.2 Å². The molecule has 4 heterocycles. The van der Waals surface area contributed by atoms with Gasteiger partial charge in [0.15, 0.2) is 0 Å². The number of aryl methyl sites for hydroxylation is 2. The average Bonchev–Trinajstić information content (AvgIpc) is 3.63. The quantitative estimate of drug-likeness (QED) is 0.328. The van der Waals surface area contributed by atoms with E-state index >= 15 is 0 Å². The van der Waals surface area contributed by atoms with Crippen LogP contribution in [0.1, 0.15) is 73.2 Å². The van der Waals surface area contributed by atoms with Crippen molar-refractivity contribution < 1.29 is 14.6 Å². The molecule has 0 radical (unpaired) electrons. The van der Waals surface area contributed by atoms with E-state index < -0.39 is 5.97 Å². The molecular weight excluding hydrogens is 462 g/mol. The van der Waals surface area contributed by atoms with Crippen molar-refractivity contribution in [3.63, 3.8) is 0 Å². The number of nitrogens with zero attached hydrogens (tertiary/aromatic N) is 3. The van der Waals surface area contributed by atoms with Gasteiger partial charge in [0.2, 0.25) is 0 Å². The summed E-state index contributed by atoms with van der Waals surface area (Å²) in [6.45, 7) is 4.67. The van der Waals surface area contributed by atoms with Gasteiger partial charge < -0.3 is 19.0 Å². The molecule has 0 atom stereocenters. The fourth-order valence-electron chi connectivity index (χ4n) is 7.12. The second kappa shape index (κ2) is 9.25. The average molecular weight is 498 g/mol. The van der Waals surface area contributed by atoms with Crippen LogP contribution in [0.3, 0.4) is 0 Å². The summed E-state index contributed by atoms with van der Waals surface area (Å²) >= 11 is 0. The number of hydrogen-bond donors (Lipinski definition) is 1. The van der Waals surface area contributed by atoms with Gasteiger partial charge in [-0.15, -0.1) is 0 Å². The third-order valence-corrected chi connectivity index (χ3v) is 8.86. The van der Waals surface area contributed by atoms with Crippen LogP contribution in [0, 0.1) is 0 Å². The largest absolute Gasteiger partial charge is 0.478 e. The predicted molar refractivity (Wildman–Crippen MR) is 147 cm³/mol. The van der Waals surface area contributed by atoms with Crippen LogP contribution < -0.4 is 4.74 Å². The molecule has 2 aromatic carbocycles. The zero-order valence-corrected chi connectivity index (χ0v) is 21.4. The molecule has 192 valence electrons. The first-order valence-corrected chi connectivity index (χ1v) is 14.1. The molecule has 6 heteroatoms. The molecule has 2 aromatic heterocycles. The summed E-state index contributed by atoms with van der Waals surface area (Å²) in [5.41, 5.74) is 6.65. The van der Waals surface area contributed by atoms with Crippen LogP contribution in [0.5, 0.6) is 5.75 Å². The molecule has 0 unspecified atom stereocenters. The molecule has 4 aromatic rings. The lowest BCUT2D eigenvalue weighted by molar-refractivity contribution is 0.0697. The van der Waals surface area contributed by atoms with Gasteiger partial charge in [-0.2, -0.15) is 0 Å². The zero-order chi connectivity index (χ0) is 24.9. The Bertz CT molecular complexity index is 1480. The molecule has 2 fully saturated rings. The number of carbonyl (C=O) groups is 1. The van der Waals surface area contributed by atoms with Gasteiger partial charge in [0.25, 0.3) is 0 Å². The highest BCUT2D eigenvalue weighted by atomic mass is 16.5. The number of para-hydroxylation sites is 1. The lowest BCUT2D eigenvalue weighted by Gasteiger charge is -2.25. The summed E-state index contributed by atoms with van der Waals surface area (Å²) in [5, 5.41) is 12.2. The monoisotopic (exact) mass is 497 g/mol. The first kappa shape index (κ1) is 22.9. The SMILES string of the molecule is O=C(O)c1ccc2c(C3CCCCC3)c3n(c2c1)CCCn1cc(OCN2CCCC2)c2cccc-3c21. The van der Waals surface area contributed by atoms with Gasteiger partial charge in [-0.1, -0.05) is 37.5 Å². The van der Waals surface area contributed by atoms with Crippen LogP contribution in [-0.2, 0) is 13.1 Å². The molecule has 0 spiro atoms. The third-order valence-electron chi connectivity index (χ3n) is 8.86. The van der Waals surface area contributed by atoms with E-state index in [1.165, 1.54) is 78.1 Å². The van der Waals surface area contributed by atoms with E-state index in [9.17, 15) is 9.90 Å². The highest BCUT2D eigenvalue weighted by molar-refractivity contribution is 6.04. The highest BCUT2D eigenvalue weighted by Crippen LogP contribution is 2.47. The molecular formula is C31H35N3O3. The Balaban J connectivity index is 1.44. The number of benzene rings is 2. The number of rotatable bonds is 5. The van der Waals surface area contributed by atoms with Crippen molar-refractivity contribution in [2.24, 2.45) is 0 Å². The van der Waals surface area contributed by atoms with Crippen LogP contribution in [0.25, 0.3) is 33.1 Å². The number of likely N-dealkylation sites (tertiary alicyclic amines) is 1. The molecule has 7 rings (SSSR count). The van der Waals surface area contributed by atoms with Crippen molar-refractivity contribution in [1.29, 1.82) is 0 Å². The summed E-state index contributed by atoms with van der Waals surface area (Å²) in [7, 11) is 0. The van der Waals surface area contributed by atoms with Gasteiger partial charge in [0, 0.05) is 54.2 Å². The molecule has 0 amide bonds. The topological polar surface area (TPSA) is 59.6 Å². The number of carboxylic acid groups (broad SMARTS) is 1. The second-order valence-electron chi connectivity index (χ2n) is 11.1. The number of ether oxygens (including phenoxy) is 1. The van der Waals surface area contributed by atoms with Crippen molar-refractivity contribution in [3.05, 3.63) is 53.7 Å². The van der Waals surface area contributed by atoms with Crippen molar-refractivity contribution in [1.82, 2.24) is 14.0 Å². The normalized spacial score (nSPS) is 18.7. The number of fused-ring (bicyclic) bond motifs is 4. The Morgan fingerprint density at radius 2 is 1.76 bits per heavy atom. The second-order valence-corrected chi connectivity index (χ2v) is 11.1. The molecule has 6 nitrogen and oxygen atoms in total. The number of carboxylic acids is 1. The minimum atomic E-state index is -0.863. The van der Waals surface area contributed by atoms with Crippen molar-refractivity contribution in [3.8, 4) is 17.0 Å². The minimum absolute atomic E-state index is 0.365. The van der Waals surface area contributed by atoms with Crippen LogP contribution in [0.4, 0.5) is 0 Å². The van der Waals surface area contributed by atoms with Crippen molar-refractivity contribution in [2.75, 3.05) is 19.8 Å². The summed E-state index contributed by atoms with van der Waals surface area (Å²) < 4.78 is 11.3. The molecule has 1 N–H and O–H groups in total. The van der Waals surface area contributed by atoms with Crippen LogP contribution >= 0.6 is 0 Å². The van der Waals surface area contributed by atoms with Crippen LogP contribution in [0.15, 0.2) is 42.6 Å². The standard InChI is InChI=1S/C31H35N3O3/c35-31(36)22-12-13-23-26(18-22)34-17-7-16-33-19-27(37-20-32-14-4-5-15-32)24-10-6-11-25(29(24)33)30(34)28(23)21-8-2-1-3-9-21/h6,10-13,18-19,21H,1-5,7-9,14-17,20H2,(H,35,36). The molecule has 3 aliphatic rings. The maximum absolute atomic E-state index is 11.9. The first-order valence-electron chi connectivity index (χ1n) is 14.1. The predicted octanol–water partition coefficient (Wildman–Crippen LogP) is 6.84. The van der Waals surface area contributed by atoms with E-state index in [0.717, 1.165) is 43.9 Å². The smallest absolute Gasteiger partial charge is 0.335 e. The van der Waals surface area contributed by atoms with E-state index in [-0.39, 0.29) is 0 Å². The van der Waals surface area contributed by atoms with Crippen molar-refractivity contribution >= 4 is 27.8 Å². The molecule has 2 aliphatic heterocycles. The number of aromatic carboxylic acids is 1. The Kier molecular flexibility index (Phi) is 5.73. The van der Waals surface area contributed by atoms with E-state index in [1.807, 2.05) is 6.07 Å². The maximum atomic E-state index is 11.9. The maximum Gasteiger partial charge on any atom is 0.335 e. The Morgan fingerprint density at radius 3 is 2.57 bits per heavy atom. The van der Waals surface area contributed by atoms with Gasteiger partial charge in [0.05, 0.1) is 16.8 Å². The van der Waals surface area contributed by atoms with Gasteiger partial charge in [-0.25, -0.2) is 4.79 Å². The number of hydrogen-bond acceptors (Lipinski definition) is 3.